The van der Waals surface area contributed by atoms with Gasteiger partial charge in [-0.3, -0.25) is 14.2 Å². The smallest absolute Gasteiger partial charge is 0.269 e. The van der Waals surface area contributed by atoms with Crippen LogP contribution in [0.3, 0.4) is 0 Å². The van der Waals surface area contributed by atoms with E-state index in [1.807, 2.05) is 42.5 Å². The fraction of sp³-hybridized carbons (Fsp3) is 0.250. The molecule has 1 aromatic heterocycles. The van der Waals surface area contributed by atoms with E-state index in [0.717, 1.165) is 12.1 Å². The van der Waals surface area contributed by atoms with Gasteiger partial charge in [0.1, 0.15) is 6.54 Å². The van der Waals surface area contributed by atoms with Crippen LogP contribution in [-0.4, -0.2) is 15.5 Å². The summed E-state index contributed by atoms with van der Waals surface area (Å²) in [5, 5.41) is 2.85. The molecule has 5 nitrogen and oxygen atoms in total. The Morgan fingerprint density at radius 2 is 1.88 bits per heavy atom. The van der Waals surface area contributed by atoms with Crippen molar-refractivity contribution in [3.8, 4) is 0 Å². The molecular weight excluding hydrogens is 314 g/mol. The van der Waals surface area contributed by atoms with Gasteiger partial charge in [0.05, 0.1) is 17.2 Å². The van der Waals surface area contributed by atoms with E-state index in [9.17, 15) is 9.59 Å². The second-order valence-corrected chi connectivity index (χ2v) is 6.15. The average Bonchev–Trinajstić information content (AvgIpc) is 2.64. The highest BCUT2D eigenvalue weighted by molar-refractivity contribution is 5.91. The number of benzene rings is 2. The maximum atomic E-state index is 12.4. The van der Waals surface area contributed by atoms with Crippen LogP contribution in [0.1, 0.15) is 31.7 Å². The van der Waals surface area contributed by atoms with E-state index in [1.165, 1.54) is 16.3 Å². The number of rotatable bonds is 5. The minimum Gasteiger partial charge on any atom is -0.325 e. The van der Waals surface area contributed by atoms with E-state index >= 15 is 0 Å². The second kappa shape index (κ2) is 7.30. The van der Waals surface area contributed by atoms with Crippen molar-refractivity contribution in [3.63, 3.8) is 0 Å². The molecule has 128 valence electrons. The Hall–Kier alpha value is -2.95. The lowest BCUT2D eigenvalue weighted by Crippen LogP contribution is -2.27. The van der Waals surface area contributed by atoms with E-state index < -0.39 is 0 Å². The van der Waals surface area contributed by atoms with Gasteiger partial charge in [0.2, 0.25) is 5.91 Å². The lowest BCUT2D eigenvalue weighted by molar-refractivity contribution is -0.116. The summed E-state index contributed by atoms with van der Waals surface area (Å²) >= 11 is 0. The highest BCUT2D eigenvalue weighted by Crippen LogP contribution is 2.20. The molecule has 3 rings (SSSR count). The second-order valence-electron chi connectivity index (χ2n) is 6.15. The Morgan fingerprint density at radius 1 is 1.16 bits per heavy atom. The first-order valence-corrected chi connectivity index (χ1v) is 8.43. The van der Waals surface area contributed by atoms with Crippen LogP contribution in [0.4, 0.5) is 5.69 Å². The van der Waals surface area contributed by atoms with Crippen molar-refractivity contribution in [2.24, 2.45) is 0 Å². The first-order valence-electron chi connectivity index (χ1n) is 8.43. The summed E-state index contributed by atoms with van der Waals surface area (Å²) in [5.41, 5.74) is 3.02. The van der Waals surface area contributed by atoms with Crippen molar-refractivity contribution in [3.05, 3.63) is 70.6 Å². The lowest BCUT2D eigenvalue weighted by atomic mass is 9.99. The molecule has 0 aliphatic rings. The maximum Gasteiger partial charge on any atom is 0.269 e. The fourth-order valence-corrected chi connectivity index (χ4v) is 2.75. The Bertz CT molecular complexity index is 945. The molecule has 1 heterocycles. The van der Waals surface area contributed by atoms with Crippen LogP contribution in [-0.2, 0) is 11.3 Å². The first-order chi connectivity index (χ1) is 12.1. The molecule has 0 unspecified atom stereocenters. The van der Waals surface area contributed by atoms with Crippen molar-refractivity contribution in [1.29, 1.82) is 0 Å². The van der Waals surface area contributed by atoms with Gasteiger partial charge >= 0.3 is 0 Å². The van der Waals surface area contributed by atoms with Crippen molar-refractivity contribution < 1.29 is 4.79 Å². The van der Waals surface area contributed by atoms with Gasteiger partial charge in [0, 0.05) is 5.69 Å². The van der Waals surface area contributed by atoms with Crippen LogP contribution in [0, 0.1) is 0 Å². The third kappa shape index (κ3) is 3.76. The summed E-state index contributed by atoms with van der Waals surface area (Å²) in [5.74, 6) is 0.251. The van der Waals surface area contributed by atoms with Crippen LogP contribution in [0.25, 0.3) is 11.0 Å². The number of amides is 1. The molecular formula is C20H21N3O2. The predicted octanol–water partition coefficient (Wildman–Crippen LogP) is 3.55. The van der Waals surface area contributed by atoms with Gasteiger partial charge in [-0.2, -0.15) is 0 Å². The number of aromatic nitrogens is 2. The number of nitrogens with zero attached hydrogens (tertiary/aromatic N) is 2. The number of hydrogen-bond donors (Lipinski definition) is 1. The third-order valence-corrected chi connectivity index (χ3v) is 4.43. The van der Waals surface area contributed by atoms with Crippen molar-refractivity contribution in [1.82, 2.24) is 9.55 Å². The van der Waals surface area contributed by atoms with E-state index in [2.05, 4.69) is 24.1 Å². The largest absolute Gasteiger partial charge is 0.325 e. The first kappa shape index (κ1) is 16.9. The average molecular weight is 335 g/mol. The number of nitrogens with one attached hydrogen (secondary N) is 1. The number of fused-ring (bicyclic) bond motifs is 1. The third-order valence-electron chi connectivity index (χ3n) is 4.43. The van der Waals surface area contributed by atoms with Gasteiger partial charge in [-0.05, 0) is 42.2 Å². The van der Waals surface area contributed by atoms with E-state index in [0.29, 0.717) is 17.0 Å². The van der Waals surface area contributed by atoms with E-state index in [4.69, 9.17) is 0 Å². The number of hydrogen-bond acceptors (Lipinski definition) is 3. The van der Waals surface area contributed by atoms with Gasteiger partial charge in [0.15, 0.2) is 0 Å². The monoisotopic (exact) mass is 335 g/mol. The molecule has 5 heteroatoms. The zero-order valence-electron chi connectivity index (χ0n) is 14.4. The van der Waals surface area contributed by atoms with Crippen LogP contribution >= 0.6 is 0 Å². The Balaban J connectivity index is 1.77. The summed E-state index contributed by atoms with van der Waals surface area (Å²) in [7, 11) is 0. The van der Waals surface area contributed by atoms with Crippen molar-refractivity contribution in [2.45, 2.75) is 32.7 Å². The van der Waals surface area contributed by atoms with Gasteiger partial charge < -0.3 is 5.32 Å². The number of carbonyl (C=O) groups excluding carboxylic acids is 1. The van der Waals surface area contributed by atoms with Gasteiger partial charge in [-0.15, -0.1) is 0 Å². The molecule has 1 N–H and O–H groups in total. The van der Waals surface area contributed by atoms with Crippen molar-refractivity contribution in [2.75, 3.05) is 5.32 Å². The highest BCUT2D eigenvalue weighted by atomic mass is 16.2. The molecule has 0 aliphatic heterocycles. The molecule has 0 fully saturated rings. The Kier molecular flexibility index (Phi) is 4.93. The Labute approximate surface area is 146 Å². The summed E-state index contributed by atoms with van der Waals surface area (Å²) in [6, 6.07) is 15.1. The molecule has 0 saturated heterocycles. The standard InChI is InChI=1S/C20H21N3O2/c1-3-14(2)15-8-10-16(11-9-15)22-19(24)13-23-18-7-5-4-6-17(18)21-12-20(23)25/h4-12,14H,3,13H2,1-2H3,(H,22,24)/t14-/m1/s1. The quantitative estimate of drug-likeness (QED) is 0.775. The molecule has 0 saturated carbocycles. The molecule has 0 spiro atoms. The van der Waals surface area contributed by atoms with Crippen LogP contribution in [0.15, 0.2) is 59.5 Å². The maximum absolute atomic E-state index is 12.4. The molecule has 0 bridgehead atoms. The summed E-state index contributed by atoms with van der Waals surface area (Å²) < 4.78 is 1.44. The minimum absolute atomic E-state index is 0.0466. The molecule has 0 radical (unpaired) electrons. The van der Waals surface area contributed by atoms with Crippen LogP contribution in [0.5, 0.6) is 0 Å². The lowest BCUT2D eigenvalue weighted by Gasteiger charge is -2.12. The summed E-state index contributed by atoms with van der Waals surface area (Å²) in [6.45, 7) is 4.28. The molecule has 3 aromatic rings. The Morgan fingerprint density at radius 3 is 2.60 bits per heavy atom. The number of anilines is 1. The predicted molar refractivity (Wildman–Crippen MR) is 99.8 cm³/mol. The van der Waals surface area contributed by atoms with Gasteiger partial charge in [-0.25, -0.2) is 4.98 Å². The molecule has 0 aliphatic carbocycles. The molecule has 1 amide bonds. The highest BCUT2D eigenvalue weighted by Gasteiger charge is 2.09. The molecule has 2 aromatic carbocycles. The normalized spacial score (nSPS) is 12.1. The zero-order chi connectivity index (χ0) is 17.8. The minimum atomic E-state index is -0.291. The summed E-state index contributed by atoms with van der Waals surface area (Å²) in [4.78, 5) is 28.6. The zero-order valence-corrected chi connectivity index (χ0v) is 14.4. The topological polar surface area (TPSA) is 64.0 Å². The fourth-order valence-electron chi connectivity index (χ4n) is 2.75. The molecule has 1 atom stereocenters. The SMILES string of the molecule is CC[C@@H](C)c1ccc(NC(=O)Cn2c(=O)cnc3ccccc32)cc1. The number of carbonyl (C=O) groups is 1. The van der Waals surface area contributed by atoms with Gasteiger partial charge in [0.25, 0.3) is 5.56 Å². The summed E-state index contributed by atoms with van der Waals surface area (Å²) in [6.07, 6.45) is 2.32. The van der Waals surface area contributed by atoms with Crippen molar-refractivity contribution >= 4 is 22.6 Å². The van der Waals surface area contributed by atoms with E-state index in [1.54, 1.807) is 6.07 Å². The van der Waals surface area contributed by atoms with Gasteiger partial charge in [-0.1, -0.05) is 38.1 Å². The number of para-hydroxylation sites is 2. The van der Waals surface area contributed by atoms with Crippen LogP contribution < -0.4 is 10.9 Å². The van der Waals surface area contributed by atoms with Crippen LogP contribution in [0.2, 0.25) is 0 Å². The van der Waals surface area contributed by atoms with E-state index in [-0.39, 0.29) is 18.0 Å². The molecule has 25 heavy (non-hydrogen) atoms.